The predicted octanol–water partition coefficient (Wildman–Crippen LogP) is 7.91. The van der Waals surface area contributed by atoms with Crippen molar-refractivity contribution >= 4 is 11.9 Å². The fourth-order valence-electron chi connectivity index (χ4n) is 4.64. The first-order valence-electron chi connectivity index (χ1n) is 14.5. The fourth-order valence-corrected chi connectivity index (χ4v) is 4.64. The van der Waals surface area contributed by atoms with Crippen molar-refractivity contribution in [1.29, 1.82) is 0 Å². The highest BCUT2D eigenvalue weighted by Crippen LogP contribution is 2.33. The standard InChI is InChI=1S/C34H45NO5/c1-5-6-7-8-9-31(26-12-14-27(15-13-26)33(38)35-23-22-32(36)37)40-30-20-18-29(19-21-30)39-24-25-10-16-28(17-11-25)34(2,3)4/h10-16,18-21,28,31H,5-9,17,22-24H2,1-4H3,(H,35,38)(H,36,37). The number of carbonyl (C=O) groups is 2. The molecule has 40 heavy (non-hydrogen) atoms. The summed E-state index contributed by atoms with van der Waals surface area (Å²) in [6, 6.07) is 15.1. The number of rotatable bonds is 15. The monoisotopic (exact) mass is 547 g/mol. The highest BCUT2D eigenvalue weighted by molar-refractivity contribution is 5.94. The predicted molar refractivity (Wildman–Crippen MR) is 160 cm³/mol. The third-order valence-corrected chi connectivity index (χ3v) is 7.29. The maximum absolute atomic E-state index is 12.3. The van der Waals surface area contributed by atoms with Gasteiger partial charge in [-0.2, -0.15) is 0 Å². The van der Waals surface area contributed by atoms with Gasteiger partial charge in [0.1, 0.15) is 24.2 Å². The van der Waals surface area contributed by atoms with Crippen LogP contribution in [-0.4, -0.2) is 30.1 Å². The zero-order valence-electron chi connectivity index (χ0n) is 24.4. The number of hydrogen-bond donors (Lipinski definition) is 2. The number of hydrogen-bond acceptors (Lipinski definition) is 4. The zero-order valence-corrected chi connectivity index (χ0v) is 24.4. The third kappa shape index (κ3) is 10.2. The molecule has 0 saturated carbocycles. The first-order chi connectivity index (χ1) is 19.2. The summed E-state index contributed by atoms with van der Waals surface area (Å²) >= 11 is 0. The quantitative estimate of drug-likeness (QED) is 0.221. The Kier molecular flexibility index (Phi) is 11.9. The lowest BCUT2D eigenvalue weighted by molar-refractivity contribution is -0.136. The number of amides is 1. The Bertz CT molecular complexity index is 1140. The van der Waals surface area contributed by atoms with Gasteiger partial charge in [0.15, 0.2) is 0 Å². The molecule has 0 heterocycles. The van der Waals surface area contributed by atoms with Crippen LogP contribution in [-0.2, 0) is 4.79 Å². The van der Waals surface area contributed by atoms with Gasteiger partial charge >= 0.3 is 5.97 Å². The maximum atomic E-state index is 12.3. The van der Waals surface area contributed by atoms with E-state index >= 15 is 0 Å². The van der Waals surface area contributed by atoms with E-state index in [1.54, 1.807) is 12.1 Å². The molecule has 1 amide bonds. The molecule has 0 aromatic heterocycles. The number of allylic oxidation sites excluding steroid dienone is 2. The van der Waals surface area contributed by atoms with Crippen molar-refractivity contribution < 1.29 is 24.2 Å². The first-order valence-corrected chi connectivity index (χ1v) is 14.5. The first kappa shape index (κ1) is 31.0. The van der Waals surface area contributed by atoms with Gasteiger partial charge in [-0.1, -0.05) is 77.3 Å². The van der Waals surface area contributed by atoms with Crippen molar-refractivity contribution in [2.24, 2.45) is 11.3 Å². The molecule has 1 aliphatic rings. The van der Waals surface area contributed by atoms with Crippen molar-refractivity contribution in [1.82, 2.24) is 5.32 Å². The van der Waals surface area contributed by atoms with Crippen LogP contribution in [0.5, 0.6) is 11.5 Å². The van der Waals surface area contributed by atoms with E-state index in [2.05, 4.69) is 51.2 Å². The molecule has 2 unspecified atom stereocenters. The third-order valence-electron chi connectivity index (χ3n) is 7.29. The van der Waals surface area contributed by atoms with Gasteiger partial charge in [0.25, 0.3) is 5.91 Å². The molecule has 0 radical (unpaired) electrons. The lowest BCUT2D eigenvalue weighted by Gasteiger charge is -2.29. The van der Waals surface area contributed by atoms with E-state index in [-0.39, 0.29) is 30.4 Å². The fraction of sp³-hybridized carbons (Fsp3) is 0.471. The summed E-state index contributed by atoms with van der Waals surface area (Å²) in [5, 5.41) is 11.4. The number of ether oxygens (including phenoxy) is 2. The van der Waals surface area contributed by atoms with E-state index < -0.39 is 5.97 Å². The van der Waals surface area contributed by atoms with Crippen molar-refractivity contribution in [2.45, 2.75) is 78.7 Å². The van der Waals surface area contributed by atoms with Gasteiger partial charge in [-0.25, -0.2) is 0 Å². The van der Waals surface area contributed by atoms with Gasteiger partial charge in [-0.3, -0.25) is 9.59 Å². The van der Waals surface area contributed by atoms with E-state index in [4.69, 9.17) is 14.6 Å². The number of unbranched alkanes of at least 4 members (excludes halogenated alkanes) is 3. The normalized spacial score (nSPS) is 15.7. The van der Waals surface area contributed by atoms with Gasteiger partial charge < -0.3 is 19.9 Å². The Morgan fingerprint density at radius 2 is 1.70 bits per heavy atom. The maximum Gasteiger partial charge on any atom is 0.305 e. The Labute approximate surface area is 239 Å². The van der Waals surface area contributed by atoms with Crippen LogP contribution in [0.15, 0.2) is 72.3 Å². The Balaban J connectivity index is 1.58. The van der Waals surface area contributed by atoms with Gasteiger partial charge in [0.2, 0.25) is 0 Å². The molecule has 6 heteroatoms. The molecule has 2 atom stereocenters. The van der Waals surface area contributed by atoms with Crippen LogP contribution >= 0.6 is 0 Å². The van der Waals surface area contributed by atoms with Gasteiger partial charge in [-0.05, 0) is 78.1 Å². The number of carbonyl (C=O) groups excluding carboxylic acids is 1. The van der Waals surface area contributed by atoms with E-state index in [9.17, 15) is 9.59 Å². The minimum atomic E-state index is -0.939. The molecule has 0 bridgehead atoms. The van der Waals surface area contributed by atoms with Crippen LogP contribution in [0.4, 0.5) is 0 Å². The zero-order chi connectivity index (χ0) is 29.0. The van der Waals surface area contributed by atoms with Crippen molar-refractivity contribution in [3.05, 3.63) is 83.5 Å². The molecular formula is C34H45NO5. The lowest BCUT2D eigenvalue weighted by atomic mass is 9.76. The van der Waals surface area contributed by atoms with Crippen molar-refractivity contribution in [3.8, 4) is 11.5 Å². The smallest absolute Gasteiger partial charge is 0.305 e. The van der Waals surface area contributed by atoms with Gasteiger partial charge in [0, 0.05) is 12.1 Å². The van der Waals surface area contributed by atoms with Crippen LogP contribution in [0.25, 0.3) is 0 Å². The van der Waals surface area contributed by atoms with Crippen molar-refractivity contribution in [3.63, 3.8) is 0 Å². The summed E-state index contributed by atoms with van der Waals surface area (Å²) in [4.78, 5) is 23.0. The van der Waals surface area contributed by atoms with Gasteiger partial charge in [-0.15, -0.1) is 0 Å². The largest absolute Gasteiger partial charge is 0.489 e. The minimum absolute atomic E-state index is 0.102. The summed E-state index contributed by atoms with van der Waals surface area (Å²) in [7, 11) is 0. The van der Waals surface area contributed by atoms with Crippen LogP contribution in [0.1, 0.15) is 94.7 Å². The van der Waals surface area contributed by atoms with E-state index in [0.29, 0.717) is 18.1 Å². The Hall–Kier alpha value is -3.54. The summed E-state index contributed by atoms with van der Waals surface area (Å²) in [6.45, 7) is 9.67. The number of aliphatic carboxylic acids is 1. The number of carboxylic acid groups (broad SMARTS) is 1. The lowest BCUT2D eigenvalue weighted by Crippen LogP contribution is -2.26. The SMILES string of the molecule is CCCCCCC(Oc1ccc(OCC2=CCC(C(C)(C)C)C=C2)cc1)c1ccc(C(=O)NCCC(=O)O)cc1. The molecule has 0 aliphatic heterocycles. The molecule has 3 rings (SSSR count). The second kappa shape index (κ2) is 15.3. The van der Waals surface area contributed by atoms with Crippen LogP contribution in [0, 0.1) is 11.3 Å². The number of nitrogens with one attached hydrogen (secondary N) is 1. The molecule has 216 valence electrons. The average molecular weight is 548 g/mol. The molecule has 2 aromatic rings. The molecule has 0 saturated heterocycles. The molecule has 2 aromatic carbocycles. The molecule has 6 nitrogen and oxygen atoms in total. The minimum Gasteiger partial charge on any atom is -0.489 e. The summed E-state index contributed by atoms with van der Waals surface area (Å²) in [5.41, 5.74) is 2.97. The second-order valence-electron chi connectivity index (χ2n) is 11.6. The Morgan fingerprint density at radius 1 is 1.00 bits per heavy atom. The molecule has 2 N–H and O–H groups in total. The number of carboxylic acids is 1. The molecule has 0 fully saturated rings. The highest BCUT2D eigenvalue weighted by Gasteiger charge is 2.23. The van der Waals surface area contributed by atoms with Crippen LogP contribution in [0.2, 0.25) is 0 Å². The summed E-state index contributed by atoms with van der Waals surface area (Å²) in [6.07, 6.45) is 13.0. The Morgan fingerprint density at radius 3 is 2.30 bits per heavy atom. The van der Waals surface area contributed by atoms with Gasteiger partial charge in [0.05, 0.1) is 6.42 Å². The molecule has 1 aliphatic carbocycles. The van der Waals surface area contributed by atoms with E-state index in [1.807, 2.05) is 36.4 Å². The number of benzene rings is 2. The second-order valence-corrected chi connectivity index (χ2v) is 11.6. The highest BCUT2D eigenvalue weighted by atomic mass is 16.5. The molecular weight excluding hydrogens is 502 g/mol. The van der Waals surface area contributed by atoms with Crippen LogP contribution in [0.3, 0.4) is 0 Å². The van der Waals surface area contributed by atoms with Crippen LogP contribution < -0.4 is 14.8 Å². The topological polar surface area (TPSA) is 84.9 Å². The van der Waals surface area contributed by atoms with E-state index in [1.165, 1.54) is 18.4 Å². The summed E-state index contributed by atoms with van der Waals surface area (Å²) < 4.78 is 12.5. The average Bonchev–Trinajstić information content (AvgIpc) is 2.94. The van der Waals surface area contributed by atoms with E-state index in [0.717, 1.165) is 42.7 Å². The van der Waals surface area contributed by atoms with Crippen molar-refractivity contribution in [2.75, 3.05) is 13.2 Å². The summed E-state index contributed by atoms with van der Waals surface area (Å²) in [5.74, 6) is 0.911. The molecule has 0 spiro atoms.